The Bertz CT molecular complexity index is 1430. The number of halogens is 1. The number of piperazine rings is 1. The fourth-order valence-electron chi connectivity index (χ4n) is 4.58. The first kappa shape index (κ1) is 22.1. The van der Waals surface area contributed by atoms with Gasteiger partial charge < -0.3 is 20.9 Å². The number of carbonyl (C=O) groups excluding carboxylic acids is 1. The molecule has 0 radical (unpaired) electrons. The summed E-state index contributed by atoms with van der Waals surface area (Å²) in [5.74, 6) is 0.762. The van der Waals surface area contributed by atoms with Crippen molar-refractivity contribution in [2.75, 3.05) is 56.9 Å². The molecule has 1 amide bonds. The number of carbonyl (C=O) groups is 1. The fourth-order valence-corrected chi connectivity index (χ4v) is 5.69. The number of likely N-dealkylation sites (N-methyl/N-ethyl adjacent to an activating group) is 1. The minimum Gasteiger partial charge on any atom is -0.381 e. The molecule has 180 valence electrons. The number of pyridine rings is 1. The van der Waals surface area contributed by atoms with Crippen molar-refractivity contribution in [2.24, 2.45) is 0 Å². The zero-order chi connectivity index (χ0) is 23.9. The topological polar surface area (TPSA) is 98.3 Å². The summed E-state index contributed by atoms with van der Waals surface area (Å²) < 4.78 is 15.3. The van der Waals surface area contributed by atoms with E-state index in [9.17, 15) is 9.18 Å². The van der Waals surface area contributed by atoms with Gasteiger partial charge in [0.1, 0.15) is 22.3 Å². The van der Waals surface area contributed by atoms with Gasteiger partial charge in [0.05, 0.1) is 17.7 Å². The lowest BCUT2D eigenvalue weighted by molar-refractivity contribution is 0.0962. The van der Waals surface area contributed by atoms with E-state index in [4.69, 9.17) is 4.98 Å². The van der Waals surface area contributed by atoms with Gasteiger partial charge in [-0.3, -0.25) is 9.69 Å². The molecule has 35 heavy (non-hydrogen) atoms. The Morgan fingerprint density at radius 1 is 1.03 bits per heavy atom. The molecule has 2 aliphatic rings. The van der Waals surface area contributed by atoms with E-state index >= 15 is 0 Å². The van der Waals surface area contributed by atoms with Gasteiger partial charge in [0.15, 0.2) is 0 Å². The molecule has 4 aromatic rings. The SMILES string of the molecule is CN1CCN(Cc2nc(F)cc(Nc3ccc4c(ccc5sc6c(c54)NCCNC6=O)n3)n2)CC1. The summed E-state index contributed by atoms with van der Waals surface area (Å²) in [5, 5.41) is 11.4. The molecule has 0 unspecified atom stereocenters. The maximum Gasteiger partial charge on any atom is 0.263 e. The Kier molecular flexibility index (Phi) is 5.67. The third-order valence-corrected chi connectivity index (χ3v) is 7.55. The van der Waals surface area contributed by atoms with Crippen LogP contribution < -0.4 is 16.0 Å². The van der Waals surface area contributed by atoms with Crippen molar-refractivity contribution in [1.82, 2.24) is 30.1 Å². The number of hydrogen-bond donors (Lipinski definition) is 3. The van der Waals surface area contributed by atoms with Crippen LogP contribution in [0.5, 0.6) is 0 Å². The summed E-state index contributed by atoms with van der Waals surface area (Å²) in [5.41, 5.74) is 1.64. The summed E-state index contributed by atoms with van der Waals surface area (Å²) in [7, 11) is 2.10. The summed E-state index contributed by atoms with van der Waals surface area (Å²) >= 11 is 1.48. The molecule has 3 aromatic heterocycles. The van der Waals surface area contributed by atoms with Gasteiger partial charge in [0.25, 0.3) is 5.91 Å². The zero-order valence-electron chi connectivity index (χ0n) is 19.3. The predicted molar refractivity (Wildman–Crippen MR) is 136 cm³/mol. The second-order valence-electron chi connectivity index (χ2n) is 8.89. The molecule has 0 aliphatic carbocycles. The number of thiophene rings is 1. The van der Waals surface area contributed by atoms with Crippen molar-refractivity contribution in [3.8, 4) is 0 Å². The second-order valence-corrected chi connectivity index (χ2v) is 9.94. The van der Waals surface area contributed by atoms with Gasteiger partial charge in [0.2, 0.25) is 5.95 Å². The standard InChI is InChI=1S/C24H25FN8OS/c1-32-8-10-33(11-9-32)13-20-29-17(25)12-19(31-20)30-18-5-2-14-15(28-18)3-4-16-21(14)22-23(35-16)24(34)27-7-6-26-22/h2-5,12,26H,6-11,13H2,1H3,(H,27,34)(H,28,29,30,31). The van der Waals surface area contributed by atoms with Crippen molar-refractivity contribution >= 4 is 55.6 Å². The average molecular weight is 493 g/mol. The smallest absolute Gasteiger partial charge is 0.263 e. The number of fused-ring (bicyclic) bond motifs is 5. The third-order valence-electron chi connectivity index (χ3n) is 6.40. The van der Waals surface area contributed by atoms with E-state index in [2.05, 4.69) is 42.8 Å². The number of hydrogen-bond acceptors (Lipinski definition) is 9. The van der Waals surface area contributed by atoms with Gasteiger partial charge in [-0.15, -0.1) is 11.3 Å². The van der Waals surface area contributed by atoms with E-state index in [1.165, 1.54) is 17.4 Å². The molecule has 3 N–H and O–H groups in total. The number of anilines is 3. The lowest BCUT2D eigenvalue weighted by Crippen LogP contribution is -2.44. The first-order valence-corrected chi connectivity index (χ1v) is 12.4. The molecule has 1 saturated heterocycles. The van der Waals surface area contributed by atoms with E-state index in [1.807, 2.05) is 24.3 Å². The van der Waals surface area contributed by atoms with Crippen molar-refractivity contribution in [1.29, 1.82) is 0 Å². The first-order chi connectivity index (χ1) is 17.0. The number of amides is 1. The zero-order valence-corrected chi connectivity index (χ0v) is 20.1. The Morgan fingerprint density at radius 3 is 2.71 bits per heavy atom. The molecule has 6 rings (SSSR count). The maximum atomic E-state index is 14.3. The lowest BCUT2D eigenvalue weighted by atomic mass is 10.1. The Morgan fingerprint density at radius 2 is 1.86 bits per heavy atom. The van der Waals surface area contributed by atoms with Crippen LogP contribution >= 0.6 is 11.3 Å². The van der Waals surface area contributed by atoms with Crippen LogP contribution in [0.25, 0.3) is 21.0 Å². The summed E-state index contributed by atoms with van der Waals surface area (Å²) in [4.78, 5) is 30.9. The molecule has 1 fully saturated rings. The molecule has 0 spiro atoms. The fraction of sp³-hybridized carbons (Fsp3) is 0.333. The lowest BCUT2D eigenvalue weighted by Gasteiger charge is -2.31. The minimum atomic E-state index is -0.570. The highest BCUT2D eigenvalue weighted by Gasteiger charge is 2.22. The molecule has 0 saturated carbocycles. The second kappa shape index (κ2) is 8.99. The van der Waals surface area contributed by atoms with Crippen LogP contribution in [0.2, 0.25) is 0 Å². The van der Waals surface area contributed by atoms with Crippen molar-refractivity contribution in [3.05, 3.63) is 47.0 Å². The summed E-state index contributed by atoms with van der Waals surface area (Å²) in [6.07, 6.45) is 0. The molecule has 0 atom stereocenters. The monoisotopic (exact) mass is 492 g/mol. The minimum absolute atomic E-state index is 0.0521. The van der Waals surface area contributed by atoms with Crippen LogP contribution in [0.15, 0.2) is 30.3 Å². The quantitative estimate of drug-likeness (QED) is 0.374. The van der Waals surface area contributed by atoms with Gasteiger partial charge in [0, 0.05) is 60.8 Å². The average Bonchev–Trinajstić information content (AvgIpc) is 3.12. The normalized spacial score (nSPS) is 17.1. The van der Waals surface area contributed by atoms with E-state index in [0.717, 1.165) is 52.9 Å². The van der Waals surface area contributed by atoms with Gasteiger partial charge in [-0.05, 0) is 31.3 Å². The molecule has 5 heterocycles. The van der Waals surface area contributed by atoms with Crippen LogP contribution in [-0.4, -0.2) is 77.0 Å². The number of nitrogens with one attached hydrogen (secondary N) is 3. The molecular formula is C24H25FN8OS. The molecule has 0 bridgehead atoms. The van der Waals surface area contributed by atoms with Gasteiger partial charge in [-0.25, -0.2) is 15.0 Å². The van der Waals surface area contributed by atoms with E-state index in [-0.39, 0.29) is 5.91 Å². The molecule has 2 aliphatic heterocycles. The number of rotatable bonds is 4. The van der Waals surface area contributed by atoms with E-state index < -0.39 is 5.95 Å². The number of aromatic nitrogens is 3. The van der Waals surface area contributed by atoms with Crippen LogP contribution in [-0.2, 0) is 6.54 Å². The highest BCUT2D eigenvalue weighted by atomic mass is 32.1. The summed E-state index contributed by atoms with van der Waals surface area (Å²) in [6, 6.07) is 9.04. The predicted octanol–water partition coefficient (Wildman–Crippen LogP) is 3.02. The van der Waals surface area contributed by atoms with Crippen molar-refractivity contribution in [3.63, 3.8) is 0 Å². The van der Waals surface area contributed by atoms with Crippen LogP contribution in [0.3, 0.4) is 0 Å². The summed E-state index contributed by atoms with van der Waals surface area (Å²) in [6.45, 7) is 5.53. The third kappa shape index (κ3) is 4.38. The van der Waals surface area contributed by atoms with E-state index in [0.29, 0.717) is 42.0 Å². The Hall–Kier alpha value is -3.41. The largest absolute Gasteiger partial charge is 0.381 e. The molecule has 9 nitrogen and oxygen atoms in total. The maximum absolute atomic E-state index is 14.3. The highest BCUT2D eigenvalue weighted by molar-refractivity contribution is 7.21. The first-order valence-electron chi connectivity index (χ1n) is 11.6. The van der Waals surface area contributed by atoms with E-state index in [1.54, 1.807) is 0 Å². The number of benzene rings is 1. The van der Waals surface area contributed by atoms with Crippen molar-refractivity contribution < 1.29 is 9.18 Å². The van der Waals surface area contributed by atoms with Crippen LogP contribution in [0.4, 0.5) is 21.7 Å². The van der Waals surface area contributed by atoms with Crippen LogP contribution in [0.1, 0.15) is 15.5 Å². The molecule has 11 heteroatoms. The van der Waals surface area contributed by atoms with Gasteiger partial charge in [-0.1, -0.05) is 0 Å². The highest BCUT2D eigenvalue weighted by Crippen LogP contribution is 2.40. The van der Waals surface area contributed by atoms with Gasteiger partial charge >= 0.3 is 0 Å². The Balaban J connectivity index is 1.29. The van der Waals surface area contributed by atoms with Gasteiger partial charge in [-0.2, -0.15) is 4.39 Å². The Labute approximate surface area is 205 Å². The van der Waals surface area contributed by atoms with Crippen LogP contribution in [0, 0.1) is 5.95 Å². The number of nitrogens with zero attached hydrogens (tertiary/aromatic N) is 5. The molecule has 1 aromatic carbocycles. The van der Waals surface area contributed by atoms with Crippen molar-refractivity contribution in [2.45, 2.75) is 6.54 Å². The molecular weight excluding hydrogens is 467 g/mol.